The molecule has 8 heteroatoms. The number of piperazine rings is 1. The number of ketones is 1. The van der Waals surface area contributed by atoms with Crippen molar-refractivity contribution in [2.45, 2.75) is 13.0 Å². The first-order valence-corrected chi connectivity index (χ1v) is 10.8. The van der Waals surface area contributed by atoms with Gasteiger partial charge in [0.15, 0.2) is 0 Å². The van der Waals surface area contributed by atoms with E-state index in [1.807, 2.05) is 25.1 Å². The van der Waals surface area contributed by atoms with Crippen molar-refractivity contribution < 1.29 is 19.2 Å². The minimum absolute atomic E-state index is 0.0874. The number of hydrogen-bond donors (Lipinski definition) is 1. The molecule has 1 aliphatic heterocycles. The number of aromatic amines is 1. The molecule has 2 heterocycles. The minimum Gasteiger partial charge on any atom is -0.360 e. The molecule has 1 saturated heterocycles. The van der Waals surface area contributed by atoms with Crippen LogP contribution >= 0.6 is 0 Å². The summed E-state index contributed by atoms with van der Waals surface area (Å²) >= 11 is 0. The van der Waals surface area contributed by atoms with Crippen molar-refractivity contribution in [3.8, 4) is 0 Å². The van der Waals surface area contributed by atoms with E-state index < -0.39 is 11.7 Å². The van der Waals surface area contributed by atoms with Crippen molar-refractivity contribution in [1.82, 2.24) is 19.7 Å². The number of nitrogens with zero attached hydrogens (tertiary/aromatic N) is 3. The van der Waals surface area contributed by atoms with Crippen LogP contribution in [0.5, 0.6) is 0 Å². The molecule has 0 bridgehead atoms. The lowest BCUT2D eigenvalue weighted by Gasteiger charge is -2.39. The van der Waals surface area contributed by atoms with Crippen LogP contribution in [0.4, 0.5) is 0 Å². The molecule has 1 aliphatic rings. The van der Waals surface area contributed by atoms with Gasteiger partial charge in [-0.3, -0.25) is 19.2 Å². The summed E-state index contributed by atoms with van der Waals surface area (Å²) in [4.78, 5) is 59.1. The van der Waals surface area contributed by atoms with Crippen molar-refractivity contribution in [2.75, 3.05) is 33.7 Å². The van der Waals surface area contributed by atoms with Crippen molar-refractivity contribution >= 4 is 34.4 Å². The van der Waals surface area contributed by atoms with E-state index in [4.69, 9.17) is 0 Å². The zero-order valence-corrected chi connectivity index (χ0v) is 18.9. The maximum Gasteiger partial charge on any atom is 0.295 e. The molecule has 1 unspecified atom stereocenters. The van der Waals surface area contributed by atoms with Crippen molar-refractivity contribution in [3.05, 3.63) is 71.4 Å². The first-order valence-electron chi connectivity index (χ1n) is 10.8. The van der Waals surface area contributed by atoms with Gasteiger partial charge in [0.1, 0.15) is 0 Å². The lowest BCUT2D eigenvalue weighted by atomic mass is 10.0. The van der Waals surface area contributed by atoms with Crippen molar-refractivity contribution in [3.63, 3.8) is 0 Å². The van der Waals surface area contributed by atoms with Gasteiger partial charge in [-0.25, -0.2) is 0 Å². The Balaban J connectivity index is 1.52. The molecule has 8 nitrogen and oxygen atoms in total. The summed E-state index contributed by atoms with van der Waals surface area (Å²) in [5, 5.41) is 0.534. The topological polar surface area (TPSA) is 93.8 Å². The Hall–Kier alpha value is -3.94. The fraction of sp³-hybridized carbons (Fsp3) is 0.280. The summed E-state index contributed by atoms with van der Waals surface area (Å²) < 4.78 is 0. The largest absolute Gasteiger partial charge is 0.360 e. The number of amides is 3. The van der Waals surface area contributed by atoms with Gasteiger partial charge < -0.3 is 19.7 Å². The maximum absolute atomic E-state index is 13.1. The van der Waals surface area contributed by atoms with E-state index in [1.54, 1.807) is 49.3 Å². The number of Topliss-reactive ketones (excluding diaryl/α,β-unsaturated/α-hetero) is 1. The molecule has 33 heavy (non-hydrogen) atoms. The fourth-order valence-electron chi connectivity index (χ4n) is 4.21. The van der Waals surface area contributed by atoms with Crippen molar-refractivity contribution in [2.24, 2.45) is 0 Å². The third-order valence-electron chi connectivity index (χ3n) is 5.99. The normalized spacial score (nSPS) is 16.0. The SMILES string of the molecule is CC1CN(C(=O)c2ccccc2)CCN1C(=O)C(=O)c1c[nH]c2c(C(=O)N(C)C)cccc12. The van der Waals surface area contributed by atoms with E-state index >= 15 is 0 Å². The number of para-hydroxylation sites is 1. The van der Waals surface area contributed by atoms with E-state index in [1.165, 1.54) is 16.0 Å². The maximum atomic E-state index is 13.1. The molecule has 3 amide bonds. The Morgan fingerprint density at radius 1 is 0.939 bits per heavy atom. The highest BCUT2D eigenvalue weighted by Crippen LogP contribution is 2.24. The van der Waals surface area contributed by atoms with Gasteiger partial charge in [0.05, 0.1) is 16.6 Å². The van der Waals surface area contributed by atoms with Crippen LogP contribution in [0.2, 0.25) is 0 Å². The van der Waals surface area contributed by atoms with Crippen LogP contribution in [0.3, 0.4) is 0 Å². The summed E-state index contributed by atoms with van der Waals surface area (Å²) in [6.45, 7) is 2.81. The number of benzene rings is 2. The van der Waals surface area contributed by atoms with Gasteiger partial charge in [0.2, 0.25) is 0 Å². The minimum atomic E-state index is -0.634. The van der Waals surface area contributed by atoms with E-state index in [2.05, 4.69) is 4.98 Å². The lowest BCUT2D eigenvalue weighted by Crippen LogP contribution is -2.56. The summed E-state index contributed by atoms with van der Waals surface area (Å²) in [5.74, 6) is -1.53. The third kappa shape index (κ3) is 4.11. The number of nitrogens with one attached hydrogen (secondary N) is 1. The number of hydrogen-bond acceptors (Lipinski definition) is 4. The number of fused-ring (bicyclic) bond motifs is 1. The van der Waals surface area contributed by atoms with E-state index in [9.17, 15) is 19.2 Å². The highest BCUT2D eigenvalue weighted by atomic mass is 16.2. The molecule has 1 aromatic heterocycles. The van der Waals surface area contributed by atoms with Crippen LogP contribution in [0.15, 0.2) is 54.7 Å². The molecule has 4 rings (SSSR count). The lowest BCUT2D eigenvalue weighted by molar-refractivity contribution is -0.130. The second-order valence-electron chi connectivity index (χ2n) is 8.42. The molecule has 3 aromatic rings. The molecule has 170 valence electrons. The monoisotopic (exact) mass is 446 g/mol. The van der Waals surface area contributed by atoms with Crippen LogP contribution in [-0.2, 0) is 4.79 Å². The van der Waals surface area contributed by atoms with Crippen LogP contribution in [-0.4, -0.2) is 83.0 Å². The Morgan fingerprint density at radius 2 is 1.67 bits per heavy atom. The summed E-state index contributed by atoms with van der Waals surface area (Å²) in [6.07, 6.45) is 1.48. The number of H-pyrrole nitrogens is 1. The Labute approximate surface area is 191 Å². The zero-order valence-electron chi connectivity index (χ0n) is 18.9. The highest BCUT2D eigenvalue weighted by molar-refractivity contribution is 6.45. The number of aromatic nitrogens is 1. The van der Waals surface area contributed by atoms with Gasteiger partial charge >= 0.3 is 0 Å². The van der Waals surface area contributed by atoms with Crippen LogP contribution in [0, 0.1) is 0 Å². The molecule has 0 saturated carbocycles. The van der Waals surface area contributed by atoms with Gasteiger partial charge in [-0.2, -0.15) is 0 Å². The van der Waals surface area contributed by atoms with E-state index in [-0.39, 0.29) is 30.0 Å². The molecule has 2 aromatic carbocycles. The summed E-state index contributed by atoms with van der Waals surface area (Å²) in [5.41, 5.74) is 1.80. The van der Waals surface area contributed by atoms with Gasteiger partial charge in [-0.15, -0.1) is 0 Å². The van der Waals surface area contributed by atoms with E-state index in [0.29, 0.717) is 35.1 Å². The second kappa shape index (κ2) is 8.90. The quantitative estimate of drug-likeness (QED) is 0.492. The number of carbonyl (C=O) groups is 4. The van der Waals surface area contributed by atoms with Crippen molar-refractivity contribution in [1.29, 1.82) is 0 Å². The van der Waals surface area contributed by atoms with E-state index in [0.717, 1.165) is 0 Å². The van der Waals surface area contributed by atoms with Crippen LogP contribution in [0.1, 0.15) is 38.0 Å². The number of rotatable bonds is 4. The Bertz CT molecular complexity index is 1230. The Morgan fingerprint density at radius 3 is 2.33 bits per heavy atom. The summed E-state index contributed by atoms with van der Waals surface area (Å²) in [7, 11) is 3.31. The number of carbonyl (C=O) groups excluding carboxylic acids is 4. The van der Waals surface area contributed by atoms with Gasteiger partial charge in [-0.05, 0) is 25.1 Å². The first kappa shape index (κ1) is 22.3. The predicted octanol–water partition coefficient (Wildman–Crippen LogP) is 2.43. The average molecular weight is 447 g/mol. The molecule has 1 fully saturated rings. The molecule has 0 spiro atoms. The molecular weight excluding hydrogens is 420 g/mol. The third-order valence-corrected chi connectivity index (χ3v) is 5.99. The molecule has 0 aliphatic carbocycles. The standard InChI is InChI=1S/C25H26N4O4/c1-16-15-28(23(31)17-8-5-4-6-9-17)12-13-29(16)25(33)22(30)20-14-26-21-18(20)10-7-11-19(21)24(32)27(2)3/h4-11,14,16,26H,12-13,15H2,1-3H3. The summed E-state index contributed by atoms with van der Waals surface area (Å²) in [6, 6.07) is 13.8. The second-order valence-corrected chi connectivity index (χ2v) is 8.42. The van der Waals surface area contributed by atoms with Gasteiger partial charge in [0.25, 0.3) is 23.5 Å². The molecule has 1 N–H and O–H groups in total. The van der Waals surface area contributed by atoms with Crippen LogP contribution in [0.25, 0.3) is 10.9 Å². The fourth-order valence-corrected chi connectivity index (χ4v) is 4.21. The molecule has 1 atom stereocenters. The van der Waals surface area contributed by atoms with Crippen LogP contribution < -0.4 is 0 Å². The Kier molecular flexibility index (Phi) is 6.00. The zero-order chi connectivity index (χ0) is 23.7. The first-order chi connectivity index (χ1) is 15.8. The van der Waals surface area contributed by atoms with Gasteiger partial charge in [0, 0.05) is 56.9 Å². The smallest absolute Gasteiger partial charge is 0.295 e. The average Bonchev–Trinajstić information content (AvgIpc) is 3.27. The van der Waals surface area contributed by atoms with Gasteiger partial charge in [-0.1, -0.05) is 30.3 Å². The highest BCUT2D eigenvalue weighted by Gasteiger charge is 2.34. The molecular formula is C25H26N4O4. The molecule has 0 radical (unpaired) electrons. The predicted molar refractivity (Wildman–Crippen MR) is 124 cm³/mol.